The molecule has 1 heterocycles. The molecule has 0 spiro atoms. The summed E-state index contributed by atoms with van der Waals surface area (Å²) in [5, 5.41) is 3.35. The number of carbonyl (C=O) groups excluding carboxylic acids is 1. The van der Waals surface area contributed by atoms with Crippen LogP contribution in [0.5, 0.6) is 0 Å². The van der Waals surface area contributed by atoms with Crippen molar-refractivity contribution in [3.8, 4) is 22.6 Å². The smallest absolute Gasteiger partial charge is 0.410 e. The number of alkyl halides is 2. The van der Waals surface area contributed by atoms with Crippen LogP contribution in [-0.2, 0) is 4.74 Å². The third-order valence-corrected chi connectivity index (χ3v) is 12.8. The third-order valence-electron chi connectivity index (χ3n) is 8.13. The highest BCUT2D eigenvalue weighted by molar-refractivity contribution is 6.87. The van der Waals surface area contributed by atoms with Crippen LogP contribution >= 0.6 is 0 Å². The first-order valence-electron chi connectivity index (χ1n) is 13.8. The molecule has 1 fully saturated rings. The normalized spacial score (nSPS) is 16.7. The van der Waals surface area contributed by atoms with Gasteiger partial charge in [0.15, 0.2) is 0 Å². The SMILES string of the molecule is CC[Si](C#CC(F)(F)C(NC1c2ccccc2-c2ccccc21)C1CN(C(=O)OC(C)(C)C)C1)(CC)CC. The van der Waals surface area contributed by atoms with Gasteiger partial charge in [0.1, 0.15) is 13.7 Å². The van der Waals surface area contributed by atoms with Crippen LogP contribution in [0.4, 0.5) is 13.6 Å². The maximum absolute atomic E-state index is 16.2. The molecule has 0 bridgehead atoms. The molecule has 1 N–H and O–H groups in total. The monoisotopic (exact) mass is 538 g/mol. The summed E-state index contributed by atoms with van der Waals surface area (Å²) in [5.74, 6) is -1.22. The number of carbonyl (C=O) groups is 1. The Balaban J connectivity index is 1.66. The summed E-state index contributed by atoms with van der Waals surface area (Å²) in [7, 11) is -2.07. The van der Waals surface area contributed by atoms with Gasteiger partial charge >= 0.3 is 12.0 Å². The molecule has 1 saturated heterocycles. The van der Waals surface area contributed by atoms with E-state index in [1.807, 2.05) is 48.5 Å². The van der Waals surface area contributed by atoms with E-state index >= 15 is 8.78 Å². The molecule has 1 aliphatic carbocycles. The summed E-state index contributed by atoms with van der Waals surface area (Å²) in [6.07, 6.45) is -0.465. The van der Waals surface area contributed by atoms with E-state index in [4.69, 9.17) is 4.74 Å². The van der Waals surface area contributed by atoms with Crippen LogP contribution in [-0.4, -0.2) is 49.7 Å². The zero-order chi connectivity index (χ0) is 27.7. The summed E-state index contributed by atoms with van der Waals surface area (Å²) < 4.78 is 37.8. The van der Waals surface area contributed by atoms with Crippen LogP contribution in [0, 0.1) is 17.4 Å². The Hall–Kier alpha value is -2.69. The standard InChI is InChI=1S/C31H40F2N2O2Si/c1-7-38(8-2,9-3)19-18-31(32,33)28(22-20-35(21-22)29(36)37-30(4,5)6)34-27-25-16-12-10-14-23(25)24-15-11-13-17-26(24)27/h10-17,22,27-28,34H,7-9,20-21H2,1-6H3. The maximum Gasteiger partial charge on any atom is 0.410 e. The van der Waals surface area contributed by atoms with Gasteiger partial charge in [-0.3, -0.25) is 5.32 Å². The van der Waals surface area contributed by atoms with Crippen molar-refractivity contribution in [2.45, 2.75) is 83.3 Å². The molecule has 2 aromatic rings. The Morgan fingerprint density at radius 3 is 1.97 bits per heavy atom. The minimum absolute atomic E-state index is 0.206. The van der Waals surface area contributed by atoms with Gasteiger partial charge in [0.2, 0.25) is 0 Å². The van der Waals surface area contributed by atoms with Crippen LogP contribution in [0.25, 0.3) is 11.1 Å². The zero-order valence-corrected chi connectivity index (χ0v) is 24.4. The fraction of sp³-hybridized carbons (Fsp3) is 0.516. The van der Waals surface area contributed by atoms with E-state index in [2.05, 4.69) is 37.6 Å². The highest BCUT2D eigenvalue weighted by Crippen LogP contribution is 2.45. The second-order valence-electron chi connectivity index (χ2n) is 11.6. The molecule has 4 nitrogen and oxygen atoms in total. The van der Waals surface area contributed by atoms with Crippen molar-refractivity contribution in [2.75, 3.05) is 13.1 Å². The number of halogens is 2. The predicted octanol–water partition coefficient (Wildman–Crippen LogP) is 7.27. The lowest BCUT2D eigenvalue weighted by Crippen LogP contribution is -2.63. The number of benzene rings is 2. The number of ether oxygens (including phenoxy) is 1. The number of hydrogen-bond acceptors (Lipinski definition) is 3. The Labute approximate surface area is 227 Å². The van der Waals surface area contributed by atoms with Crippen molar-refractivity contribution >= 4 is 14.2 Å². The molecular formula is C31H40F2N2O2Si. The first kappa shape index (κ1) is 28.3. The minimum atomic E-state index is -3.26. The first-order chi connectivity index (χ1) is 17.9. The summed E-state index contributed by atoms with van der Waals surface area (Å²) >= 11 is 0. The average molecular weight is 539 g/mol. The van der Waals surface area contributed by atoms with E-state index < -0.39 is 37.7 Å². The van der Waals surface area contributed by atoms with Crippen molar-refractivity contribution in [3.05, 3.63) is 59.7 Å². The van der Waals surface area contributed by atoms with Crippen LogP contribution in [0.1, 0.15) is 58.7 Å². The first-order valence-corrected chi connectivity index (χ1v) is 16.4. The molecule has 0 aromatic heterocycles. The van der Waals surface area contributed by atoms with Gasteiger partial charge in [-0.1, -0.05) is 69.3 Å². The van der Waals surface area contributed by atoms with E-state index in [0.29, 0.717) is 0 Å². The van der Waals surface area contributed by atoms with Gasteiger partial charge in [-0.15, -0.1) is 5.54 Å². The second kappa shape index (κ2) is 10.8. The van der Waals surface area contributed by atoms with Crippen LogP contribution in [0.2, 0.25) is 18.1 Å². The molecule has 38 heavy (non-hydrogen) atoms. The Bertz CT molecular complexity index is 1170. The van der Waals surface area contributed by atoms with Crippen molar-refractivity contribution < 1.29 is 18.3 Å². The van der Waals surface area contributed by atoms with E-state index in [1.54, 1.807) is 20.8 Å². The summed E-state index contributed by atoms with van der Waals surface area (Å²) in [6, 6.07) is 16.9. The van der Waals surface area contributed by atoms with E-state index in [-0.39, 0.29) is 19.1 Å². The Kier molecular flexibility index (Phi) is 8.06. The zero-order valence-electron chi connectivity index (χ0n) is 23.4. The fourth-order valence-electron chi connectivity index (χ4n) is 5.56. The van der Waals surface area contributed by atoms with Gasteiger partial charge in [0.05, 0.1) is 12.1 Å². The molecule has 204 valence electrons. The van der Waals surface area contributed by atoms with Gasteiger partial charge < -0.3 is 9.64 Å². The van der Waals surface area contributed by atoms with E-state index in [0.717, 1.165) is 40.4 Å². The molecule has 2 aliphatic rings. The largest absolute Gasteiger partial charge is 0.444 e. The molecule has 2 aromatic carbocycles. The van der Waals surface area contributed by atoms with Crippen molar-refractivity contribution in [3.63, 3.8) is 0 Å². The Morgan fingerprint density at radius 1 is 1.00 bits per heavy atom. The van der Waals surface area contributed by atoms with Crippen molar-refractivity contribution in [1.82, 2.24) is 10.2 Å². The van der Waals surface area contributed by atoms with Gasteiger partial charge in [0, 0.05) is 19.0 Å². The molecule has 1 amide bonds. The maximum atomic E-state index is 16.2. The van der Waals surface area contributed by atoms with Gasteiger partial charge in [-0.25, -0.2) is 4.79 Å². The number of amides is 1. The summed E-state index contributed by atoms with van der Waals surface area (Å²) in [4.78, 5) is 14.1. The number of likely N-dealkylation sites (tertiary alicyclic amines) is 1. The highest BCUT2D eigenvalue weighted by Gasteiger charge is 2.50. The summed E-state index contributed by atoms with van der Waals surface area (Å²) in [5.41, 5.74) is 6.60. The lowest BCUT2D eigenvalue weighted by molar-refractivity contribution is -0.0536. The molecule has 0 saturated carbocycles. The number of nitrogens with one attached hydrogen (secondary N) is 1. The lowest BCUT2D eigenvalue weighted by Gasteiger charge is -2.45. The molecule has 1 unspecified atom stereocenters. The highest BCUT2D eigenvalue weighted by atomic mass is 28.3. The van der Waals surface area contributed by atoms with Gasteiger partial charge in [-0.2, -0.15) is 8.78 Å². The second-order valence-corrected chi connectivity index (χ2v) is 16.5. The van der Waals surface area contributed by atoms with E-state index in [1.165, 1.54) is 4.90 Å². The molecule has 0 radical (unpaired) electrons. The Morgan fingerprint density at radius 2 is 1.50 bits per heavy atom. The quantitative estimate of drug-likeness (QED) is 0.298. The van der Waals surface area contributed by atoms with E-state index in [9.17, 15) is 4.79 Å². The van der Waals surface area contributed by atoms with Crippen molar-refractivity contribution in [2.24, 2.45) is 5.92 Å². The minimum Gasteiger partial charge on any atom is -0.444 e. The summed E-state index contributed by atoms with van der Waals surface area (Å²) in [6.45, 7) is 12.0. The van der Waals surface area contributed by atoms with Crippen LogP contribution in [0.3, 0.4) is 0 Å². The number of fused-ring (bicyclic) bond motifs is 3. The van der Waals surface area contributed by atoms with Crippen LogP contribution < -0.4 is 5.32 Å². The average Bonchev–Trinajstić information content (AvgIpc) is 3.16. The fourth-order valence-corrected chi connectivity index (χ4v) is 8.02. The third kappa shape index (κ3) is 5.67. The topological polar surface area (TPSA) is 41.6 Å². The van der Waals surface area contributed by atoms with Gasteiger partial charge in [-0.05, 0) is 67.1 Å². The predicted molar refractivity (Wildman–Crippen MR) is 152 cm³/mol. The molecule has 4 rings (SSSR count). The number of rotatable bonds is 7. The molecule has 1 atom stereocenters. The molecule has 7 heteroatoms. The number of hydrogen-bond donors (Lipinski definition) is 1. The molecule has 1 aliphatic heterocycles. The van der Waals surface area contributed by atoms with Crippen molar-refractivity contribution in [1.29, 1.82) is 0 Å². The van der Waals surface area contributed by atoms with Crippen LogP contribution in [0.15, 0.2) is 48.5 Å². The lowest BCUT2D eigenvalue weighted by atomic mass is 9.86. The van der Waals surface area contributed by atoms with Gasteiger partial charge in [0.25, 0.3) is 0 Å². The molecular weight excluding hydrogens is 498 g/mol. The number of nitrogens with zero attached hydrogens (tertiary/aromatic N) is 1.